The average molecular weight is 698 g/mol. The number of allylic oxidation sites excluding steroid dienone is 1. The zero-order chi connectivity index (χ0) is 36.8. The molecule has 1 saturated heterocycles. The van der Waals surface area contributed by atoms with Gasteiger partial charge in [-0.05, 0) is 130 Å². The van der Waals surface area contributed by atoms with Gasteiger partial charge in [0.05, 0.1) is 24.0 Å². The first kappa shape index (κ1) is 38.0. The van der Waals surface area contributed by atoms with Crippen LogP contribution in [0.1, 0.15) is 139 Å². The number of Topliss-reactive ketones (excluding diaryl/α,β-unsaturated/α-hetero) is 1. The molecular weight excluding hydrogens is 630 g/mol. The third-order valence-corrected chi connectivity index (χ3v) is 16.4. The van der Waals surface area contributed by atoms with Gasteiger partial charge in [0.1, 0.15) is 6.10 Å². The second kappa shape index (κ2) is 12.7. The number of rotatable bonds is 8. The highest BCUT2D eigenvalue weighted by atomic mass is 16.5. The molecule has 4 saturated carbocycles. The summed E-state index contributed by atoms with van der Waals surface area (Å²) in [4.78, 5) is 41.0. The first-order valence-electron chi connectivity index (χ1n) is 19.9. The minimum Gasteiger partial charge on any atom is -0.481 e. The number of aliphatic carboxylic acids is 1. The molecule has 10 atom stereocenters. The van der Waals surface area contributed by atoms with Gasteiger partial charge < -0.3 is 20.1 Å². The summed E-state index contributed by atoms with van der Waals surface area (Å²) in [7, 11) is 0. The zero-order valence-corrected chi connectivity index (χ0v) is 32.6. The molecule has 0 aromatic heterocycles. The van der Waals surface area contributed by atoms with E-state index in [-0.39, 0.29) is 57.9 Å². The summed E-state index contributed by atoms with van der Waals surface area (Å²) in [6.07, 6.45) is 8.63. The lowest BCUT2D eigenvalue weighted by Crippen LogP contribution is -2.66. The van der Waals surface area contributed by atoms with Gasteiger partial charge in [-0.2, -0.15) is 0 Å². The Balaban J connectivity index is 1.29. The monoisotopic (exact) mass is 697 g/mol. The van der Waals surface area contributed by atoms with Gasteiger partial charge in [-0.25, -0.2) is 0 Å². The molecular formula is C42H67NO7. The molecule has 0 spiro atoms. The highest BCUT2D eigenvalue weighted by Crippen LogP contribution is 2.77. The SMILES string of the molecule is CC(C)C1=C2[C@H]3CC[C@@H]4[C@@]5(C)CC[C@H](OC(=O)CC(C)(C)C(=O)O)C(C)(C)[C@@H]5CC[C@@]4(C)[C@]3(C)CC[C@@]2([C@@H](O)CN2CCCC(O)C2)CC1=O. The van der Waals surface area contributed by atoms with Gasteiger partial charge in [0.25, 0.3) is 0 Å². The van der Waals surface area contributed by atoms with Crippen LogP contribution in [0.2, 0.25) is 0 Å². The van der Waals surface area contributed by atoms with Crippen LogP contribution >= 0.6 is 0 Å². The number of fused-ring (bicyclic) bond motifs is 7. The van der Waals surface area contributed by atoms with Gasteiger partial charge in [0.2, 0.25) is 0 Å². The lowest BCUT2D eigenvalue weighted by atomic mass is 9.33. The fourth-order valence-electron chi connectivity index (χ4n) is 13.5. The lowest BCUT2D eigenvalue weighted by Gasteiger charge is -2.72. The van der Waals surface area contributed by atoms with E-state index in [1.165, 1.54) is 5.57 Å². The summed E-state index contributed by atoms with van der Waals surface area (Å²) in [5.41, 5.74) is 0.478. The molecule has 1 aliphatic heterocycles. The van der Waals surface area contributed by atoms with E-state index < -0.39 is 28.9 Å². The molecule has 50 heavy (non-hydrogen) atoms. The van der Waals surface area contributed by atoms with Crippen molar-refractivity contribution in [3.63, 3.8) is 0 Å². The Morgan fingerprint density at radius 1 is 0.940 bits per heavy atom. The Labute approximate surface area is 301 Å². The highest BCUT2D eigenvalue weighted by Gasteiger charge is 2.71. The van der Waals surface area contributed by atoms with Crippen LogP contribution in [0.4, 0.5) is 0 Å². The first-order chi connectivity index (χ1) is 23.1. The molecule has 1 unspecified atom stereocenters. The lowest BCUT2D eigenvalue weighted by molar-refractivity contribution is -0.235. The maximum atomic E-state index is 14.0. The maximum Gasteiger partial charge on any atom is 0.309 e. The fraction of sp³-hybridized carbons (Fsp3) is 0.881. The van der Waals surface area contributed by atoms with E-state index in [1.807, 2.05) is 0 Å². The number of piperidine rings is 1. The molecule has 5 aliphatic carbocycles. The normalized spacial score (nSPS) is 42.3. The number of carboxylic acid groups (broad SMARTS) is 1. The van der Waals surface area contributed by atoms with E-state index >= 15 is 0 Å². The standard InChI is InChI=1S/C42H67NO7/c1-25(2)34-28(45)21-42(31(46)24-43-20-10-11-26(44)23-43)19-18-40(8)27(35(34)42)12-13-30-39(7)16-15-32(50-33(47)22-37(3,4)36(48)49)38(5,6)29(39)14-17-41(30,40)9/h25-27,29-32,44,46H,10-24H2,1-9H3,(H,48,49)/t26?,27-,29+,30-,31+,32+,39+,40-,41-,42+/m1/s1. The van der Waals surface area contributed by atoms with Gasteiger partial charge in [-0.3, -0.25) is 19.3 Å². The topological polar surface area (TPSA) is 124 Å². The zero-order valence-electron chi connectivity index (χ0n) is 32.6. The van der Waals surface area contributed by atoms with Gasteiger partial charge in [0.15, 0.2) is 5.78 Å². The number of hydrogen-bond acceptors (Lipinski definition) is 7. The fourth-order valence-corrected chi connectivity index (χ4v) is 13.5. The summed E-state index contributed by atoms with van der Waals surface area (Å²) < 4.78 is 6.16. The predicted molar refractivity (Wildman–Crippen MR) is 193 cm³/mol. The number of carbonyl (C=O) groups excluding carboxylic acids is 2. The molecule has 8 heteroatoms. The summed E-state index contributed by atoms with van der Waals surface area (Å²) >= 11 is 0. The number of nitrogens with zero attached hydrogens (tertiary/aromatic N) is 1. The van der Waals surface area contributed by atoms with Gasteiger partial charge in [0, 0.05) is 30.3 Å². The second-order valence-corrected chi connectivity index (χ2v) is 20.1. The second-order valence-electron chi connectivity index (χ2n) is 20.1. The van der Waals surface area contributed by atoms with Crippen molar-refractivity contribution < 1.29 is 34.4 Å². The summed E-state index contributed by atoms with van der Waals surface area (Å²) in [6.45, 7) is 21.6. The van der Waals surface area contributed by atoms with Crippen LogP contribution in [0.5, 0.6) is 0 Å². The molecule has 0 aromatic rings. The summed E-state index contributed by atoms with van der Waals surface area (Å²) in [5.74, 6) is 0.0590. The van der Waals surface area contributed by atoms with Crippen molar-refractivity contribution in [2.45, 2.75) is 158 Å². The molecule has 0 radical (unpaired) electrons. The van der Waals surface area contributed by atoms with Crippen molar-refractivity contribution in [1.82, 2.24) is 4.90 Å². The number of hydrogen-bond donors (Lipinski definition) is 3. The Hall–Kier alpha value is -1.77. The van der Waals surface area contributed by atoms with Crippen LogP contribution < -0.4 is 0 Å². The molecule has 6 rings (SSSR count). The molecule has 282 valence electrons. The van der Waals surface area contributed by atoms with E-state index in [1.54, 1.807) is 13.8 Å². The number of esters is 1. The Kier molecular flexibility index (Phi) is 9.63. The predicted octanol–water partition coefficient (Wildman–Crippen LogP) is 7.20. The third-order valence-electron chi connectivity index (χ3n) is 16.4. The van der Waals surface area contributed by atoms with Crippen LogP contribution in [0, 0.1) is 56.2 Å². The number of aliphatic hydroxyl groups excluding tert-OH is 2. The third kappa shape index (κ3) is 5.66. The summed E-state index contributed by atoms with van der Waals surface area (Å²) in [6, 6.07) is 0. The van der Waals surface area contributed by atoms with Crippen molar-refractivity contribution >= 4 is 17.7 Å². The number of ether oxygens (including phenoxy) is 1. The Bertz CT molecular complexity index is 1420. The van der Waals surface area contributed by atoms with E-state index in [4.69, 9.17) is 4.74 Å². The van der Waals surface area contributed by atoms with Crippen molar-refractivity contribution in [3.8, 4) is 0 Å². The number of likely N-dealkylation sites (tertiary alicyclic amines) is 1. The molecule has 5 fully saturated rings. The first-order valence-corrected chi connectivity index (χ1v) is 19.9. The van der Waals surface area contributed by atoms with Crippen molar-refractivity contribution in [2.24, 2.45) is 56.2 Å². The van der Waals surface area contributed by atoms with E-state index in [0.717, 1.165) is 76.3 Å². The van der Waals surface area contributed by atoms with Crippen LogP contribution in [0.15, 0.2) is 11.1 Å². The molecule has 0 bridgehead atoms. The Morgan fingerprint density at radius 2 is 1.64 bits per heavy atom. The molecule has 6 aliphatic rings. The van der Waals surface area contributed by atoms with Crippen molar-refractivity contribution in [2.75, 3.05) is 19.6 Å². The Morgan fingerprint density at radius 3 is 2.28 bits per heavy atom. The van der Waals surface area contributed by atoms with E-state index in [0.29, 0.717) is 31.3 Å². The number of ketones is 1. The van der Waals surface area contributed by atoms with Crippen LogP contribution in [-0.2, 0) is 19.1 Å². The largest absolute Gasteiger partial charge is 0.481 e. The van der Waals surface area contributed by atoms with Crippen molar-refractivity contribution in [1.29, 1.82) is 0 Å². The molecule has 8 nitrogen and oxygen atoms in total. The summed E-state index contributed by atoms with van der Waals surface area (Å²) in [5, 5.41) is 32.2. The van der Waals surface area contributed by atoms with Gasteiger partial charge >= 0.3 is 11.9 Å². The average Bonchev–Trinajstić information content (AvgIpc) is 3.32. The van der Waals surface area contributed by atoms with Crippen LogP contribution in [0.25, 0.3) is 0 Å². The van der Waals surface area contributed by atoms with Gasteiger partial charge in [-0.15, -0.1) is 0 Å². The smallest absolute Gasteiger partial charge is 0.309 e. The number of aliphatic hydroxyl groups is 2. The molecule has 0 amide bonds. The number of β-amino-alcohol motifs (C(OH)–C–C–N with tert-alkyl or cyclic N) is 2. The van der Waals surface area contributed by atoms with E-state index in [2.05, 4.69) is 53.4 Å². The van der Waals surface area contributed by atoms with Crippen LogP contribution in [-0.4, -0.2) is 75.9 Å². The quantitative estimate of drug-likeness (QED) is 0.228. The molecule has 3 N–H and O–H groups in total. The molecule has 1 heterocycles. The maximum absolute atomic E-state index is 14.0. The number of carbonyl (C=O) groups is 3. The minimum atomic E-state index is -1.16. The number of carboxylic acids is 1. The van der Waals surface area contributed by atoms with Crippen LogP contribution in [0.3, 0.4) is 0 Å². The highest BCUT2D eigenvalue weighted by molar-refractivity contribution is 6.00. The van der Waals surface area contributed by atoms with E-state index in [9.17, 15) is 29.7 Å². The van der Waals surface area contributed by atoms with Gasteiger partial charge in [-0.1, -0.05) is 54.0 Å². The minimum absolute atomic E-state index is 0.00952. The molecule has 0 aromatic carbocycles. The van der Waals surface area contributed by atoms with Crippen molar-refractivity contribution in [3.05, 3.63) is 11.1 Å².